The van der Waals surface area contributed by atoms with Crippen molar-refractivity contribution in [2.75, 3.05) is 0 Å². The summed E-state index contributed by atoms with van der Waals surface area (Å²) in [6.07, 6.45) is 3.02. The Bertz CT molecular complexity index is 1330. The van der Waals surface area contributed by atoms with Crippen molar-refractivity contribution in [1.29, 1.82) is 0 Å². The second-order valence-electron chi connectivity index (χ2n) is 14.8. The van der Waals surface area contributed by atoms with Crippen LogP contribution in [0.1, 0.15) is 84.1 Å². The highest BCUT2D eigenvalue weighted by atomic mass is 16.7. The Labute approximate surface area is 245 Å². The summed E-state index contributed by atoms with van der Waals surface area (Å²) in [7, 11) is 0. The molecule has 4 aliphatic carbocycles. The third kappa shape index (κ3) is 3.48. The smallest absolute Gasteiger partial charge is 0.335 e. The van der Waals surface area contributed by atoms with E-state index in [0.29, 0.717) is 25.7 Å². The highest BCUT2D eigenvalue weighted by Gasteiger charge is 2.86. The van der Waals surface area contributed by atoms with Crippen LogP contribution < -0.4 is 5.63 Å². The van der Waals surface area contributed by atoms with Crippen molar-refractivity contribution in [3.05, 3.63) is 34.4 Å². The molecule has 1 aromatic rings. The normalized spacial score (nSPS) is 55.6. The number of hydrogen-bond donors (Lipinski definition) is 2. The molecule has 0 bridgehead atoms. The van der Waals surface area contributed by atoms with Crippen molar-refractivity contribution in [2.24, 2.45) is 22.7 Å². The van der Waals surface area contributed by atoms with Crippen LogP contribution in [0.4, 0.5) is 0 Å². The summed E-state index contributed by atoms with van der Waals surface area (Å²) in [5.74, 6) is -0.470. The van der Waals surface area contributed by atoms with Gasteiger partial charge in [-0.05, 0) is 74.3 Å². The fourth-order valence-electron chi connectivity index (χ4n) is 11.1. The fraction of sp³-hybridized carbons (Fsp3) is 0.812. The zero-order valence-corrected chi connectivity index (χ0v) is 24.7. The number of carbonyl (C=O) groups excluding carboxylic acids is 1. The molecule has 7 aliphatic rings. The van der Waals surface area contributed by atoms with Gasteiger partial charge in [-0.15, -0.1) is 0 Å². The largest absolute Gasteiger partial charge is 0.459 e. The number of esters is 1. The SMILES string of the molecule is CC(=O)O[C@@H]1C[C@H](C)O[C@H]2O[C@@H]3C[C@@H]4C[C@@H]5O[C@]56[C@H]([C@H](O)C[C@]5(C)[C@@H](c7ccc(=O)oc7)CC[C@]65O)[C@@]4(C)C[C@H]3OC21. The van der Waals surface area contributed by atoms with Crippen LogP contribution in [0.15, 0.2) is 27.6 Å². The second-order valence-corrected chi connectivity index (χ2v) is 14.8. The molecule has 15 atom stereocenters. The number of hydrogen-bond acceptors (Lipinski definition) is 10. The number of ether oxygens (including phenoxy) is 5. The molecule has 1 aromatic heterocycles. The summed E-state index contributed by atoms with van der Waals surface area (Å²) in [5, 5.41) is 24.8. The molecule has 2 N–H and O–H groups in total. The van der Waals surface area contributed by atoms with Crippen LogP contribution in [0.2, 0.25) is 0 Å². The van der Waals surface area contributed by atoms with E-state index < -0.39 is 46.8 Å². The molecule has 230 valence electrons. The lowest BCUT2D eigenvalue weighted by atomic mass is 9.42. The third-order valence-electron chi connectivity index (χ3n) is 12.8. The lowest BCUT2D eigenvalue weighted by Crippen LogP contribution is -2.73. The predicted octanol–water partition coefficient (Wildman–Crippen LogP) is 2.81. The molecule has 0 radical (unpaired) electrons. The number of aliphatic hydroxyl groups excluding tert-OH is 1. The molecule has 42 heavy (non-hydrogen) atoms. The molecule has 3 saturated heterocycles. The van der Waals surface area contributed by atoms with Crippen LogP contribution >= 0.6 is 0 Å². The maximum atomic E-state index is 12.8. The van der Waals surface area contributed by atoms with Gasteiger partial charge in [0.05, 0.1) is 36.8 Å². The molecule has 3 aliphatic heterocycles. The van der Waals surface area contributed by atoms with Gasteiger partial charge < -0.3 is 38.3 Å². The number of carbonyl (C=O) groups is 1. The summed E-state index contributed by atoms with van der Waals surface area (Å²) in [4.78, 5) is 23.5. The van der Waals surface area contributed by atoms with Gasteiger partial charge in [-0.3, -0.25) is 4.79 Å². The second kappa shape index (κ2) is 8.88. The van der Waals surface area contributed by atoms with Crippen molar-refractivity contribution in [2.45, 2.75) is 139 Å². The molecule has 1 spiro atoms. The van der Waals surface area contributed by atoms with Gasteiger partial charge in [-0.1, -0.05) is 13.8 Å². The maximum Gasteiger partial charge on any atom is 0.335 e. The van der Waals surface area contributed by atoms with Crippen LogP contribution in [0.5, 0.6) is 0 Å². The average molecular weight is 587 g/mol. The fourth-order valence-corrected chi connectivity index (χ4v) is 11.1. The van der Waals surface area contributed by atoms with Crippen molar-refractivity contribution in [1.82, 2.24) is 0 Å². The molecule has 4 saturated carbocycles. The molecule has 1 unspecified atom stereocenters. The standard InChI is InChI=1S/C32H42O10/c1-15-9-22(39-16(2)33)26-28(38-15)41-21-10-18-11-24-32(42-24)27(29(18,3)13-23(21)40-26)20(34)12-30(4)19(7-8-31(30,32)36)17-5-6-25(35)37-14-17/h5-6,14-15,18-24,26-28,34,36H,7-13H2,1-4H3/t15-,18+,19+,20+,21+,22+,23+,24-,26?,27+,28-,29-,30+,31+,32-/m0/s1. The van der Waals surface area contributed by atoms with Crippen molar-refractivity contribution in [3.8, 4) is 0 Å². The van der Waals surface area contributed by atoms with E-state index in [2.05, 4.69) is 13.8 Å². The zero-order chi connectivity index (χ0) is 29.4. The minimum atomic E-state index is -1.14. The van der Waals surface area contributed by atoms with E-state index in [9.17, 15) is 19.8 Å². The molecule has 10 nitrogen and oxygen atoms in total. The Balaban J connectivity index is 1.11. The van der Waals surface area contributed by atoms with Crippen molar-refractivity contribution >= 4 is 5.97 Å². The van der Waals surface area contributed by atoms with Gasteiger partial charge in [-0.2, -0.15) is 0 Å². The van der Waals surface area contributed by atoms with Crippen LogP contribution in [0.25, 0.3) is 0 Å². The molecule has 0 aromatic carbocycles. The number of epoxide rings is 1. The van der Waals surface area contributed by atoms with Gasteiger partial charge in [0.1, 0.15) is 23.4 Å². The summed E-state index contributed by atoms with van der Waals surface area (Å²) >= 11 is 0. The van der Waals surface area contributed by atoms with Crippen molar-refractivity contribution < 1.29 is 43.1 Å². The van der Waals surface area contributed by atoms with Crippen molar-refractivity contribution in [3.63, 3.8) is 0 Å². The number of fused-ring (bicyclic) bond motifs is 5. The molecular weight excluding hydrogens is 544 g/mol. The highest BCUT2D eigenvalue weighted by molar-refractivity contribution is 5.66. The quantitative estimate of drug-likeness (QED) is 0.302. The maximum absolute atomic E-state index is 12.8. The summed E-state index contributed by atoms with van der Waals surface area (Å²) < 4.78 is 36.9. The first-order valence-electron chi connectivity index (χ1n) is 15.7. The first kappa shape index (κ1) is 27.7. The first-order valence-corrected chi connectivity index (χ1v) is 15.7. The summed E-state index contributed by atoms with van der Waals surface area (Å²) in [5.41, 5.74) is -2.52. The molecule has 7 fully saturated rings. The first-order chi connectivity index (χ1) is 19.9. The number of rotatable bonds is 2. The van der Waals surface area contributed by atoms with Gasteiger partial charge in [0.15, 0.2) is 6.29 Å². The van der Waals surface area contributed by atoms with E-state index in [1.165, 1.54) is 19.3 Å². The van der Waals surface area contributed by atoms with E-state index >= 15 is 0 Å². The van der Waals surface area contributed by atoms with Gasteiger partial charge in [-0.25, -0.2) is 4.79 Å². The Morgan fingerprint density at radius 2 is 1.88 bits per heavy atom. The molecule has 8 rings (SSSR count). The Hall–Kier alpha value is -1.82. The van der Waals surface area contributed by atoms with Crippen LogP contribution in [0.3, 0.4) is 0 Å². The van der Waals surface area contributed by atoms with Crippen LogP contribution in [0, 0.1) is 22.7 Å². The van der Waals surface area contributed by atoms with Gasteiger partial charge in [0.25, 0.3) is 0 Å². The van der Waals surface area contributed by atoms with Crippen LogP contribution in [-0.2, 0) is 28.5 Å². The Morgan fingerprint density at radius 1 is 1.07 bits per heavy atom. The van der Waals surface area contributed by atoms with Gasteiger partial charge in [0, 0.05) is 30.7 Å². The minimum absolute atomic E-state index is 0.0677. The topological polar surface area (TPSA) is 137 Å². The lowest BCUT2D eigenvalue weighted by molar-refractivity contribution is -0.362. The molecule has 10 heteroatoms. The molecule has 4 heterocycles. The van der Waals surface area contributed by atoms with E-state index in [-0.39, 0.29) is 53.6 Å². The van der Waals surface area contributed by atoms with Crippen LogP contribution in [-0.4, -0.2) is 76.4 Å². The average Bonchev–Trinajstić information content (AvgIpc) is 3.56. The minimum Gasteiger partial charge on any atom is -0.459 e. The van der Waals surface area contributed by atoms with E-state index in [1.807, 2.05) is 6.92 Å². The molecular formula is C32H42O10. The zero-order valence-electron chi connectivity index (χ0n) is 24.7. The van der Waals surface area contributed by atoms with Gasteiger partial charge in [0.2, 0.25) is 0 Å². The summed E-state index contributed by atoms with van der Waals surface area (Å²) in [6, 6.07) is 3.22. The predicted molar refractivity (Wildman–Crippen MR) is 145 cm³/mol. The van der Waals surface area contributed by atoms with E-state index in [1.54, 1.807) is 6.07 Å². The van der Waals surface area contributed by atoms with E-state index in [4.69, 9.17) is 28.1 Å². The van der Waals surface area contributed by atoms with Gasteiger partial charge >= 0.3 is 11.6 Å². The Morgan fingerprint density at radius 3 is 2.62 bits per heavy atom. The monoisotopic (exact) mass is 586 g/mol. The van der Waals surface area contributed by atoms with E-state index in [0.717, 1.165) is 24.8 Å². The Kier molecular flexibility index (Phi) is 5.86. The molecule has 0 amide bonds. The number of aliphatic hydroxyl groups is 2. The lowest BCUT2D eigenvalue weighted by Gasteiger charge is -2.64. The highest BCUT2D eigenvalue weighted by Crippen LogP contribution is 2.78. The summed E-state index contributed by atoms with van der Waals surface area (Å²) in [6.45, 7) is 7.68. The third-order valence-corrected chi connectivity index (χ3v) is 12.8.